The highest BCUT2D eigenvalue weighted by Crippen LogP contribution is 2.26. The SMILES string of the molecule is Cc1c(O)n2ncc(-c3ccc(Br)cc3)c2[nH]c1=O. The van der Waals surface area contributed by atoms with E-state index in [1.807, 2.05) is 24.3 Å². The van der Waals surface area contributed by atoms with E-state index in [-0.39, 0.29) is 17.0 Å². The van der Waals surface area contributed by atoms with E-state index in [4.69, 9.17) is 0 Å². The summed E-state index contributed by atoms with van der Waals surface area (Å²) in [5.74, 6) is -0.137. The Morgan fingerprint density at radius 1 is 1.32 bits per heavy atom. The van der Waals surface area contributed by atoms with Crippen molar-refractivity contribution in [2.75, 3.05) is 0 Å². The maximum Gasteiger partial charge on any atom is 0.257 e. The molecule has 0 spiro atoms. The van der Waals surface area contributed by atoms with Crippen molar-refractivity contribution in [1.29, 1.82) is 0 Å². The number of aromatic nitrogens is 3. The summed E-state index contributed by atoms with van der Waals surface area (Å²) in [6.45, 7) is 1.55. The first-order valence-electron chi connectivity index (χ1n) is 5.63. The van der Waals surface area contributed by atoms with Crippen molar-refractivity contribution in [3.8, 4) is 17.0 Å². The highest BCUT2D eigenvalue weighted by atomic mass is 79.9. The van der Waals surface area contributed by atoms with Crippen LogP contribution in [0.25, 0.3) is 16.8 Å². The van der Waals surface area contributed by atoms with Gasteiger partial charge in [-0.3, -0.25) is 4.79 Å². The Labute approximate surface area is 116 Å². The van der Waals surface area contributed by atoms with E-state index in [0.717, 1.165) is 15.6 Å². The van der Waals surface area contributed by atoms with Gasteiger partial charge in [-0.1, -0.05) is 28.1 Å². The van der Waals surface area contributed by atoms with Crippen LogP contribution < -0.4 is 5.56 Å². The van der Waals surface area contributed by atoms with E-state index in [9.17, 15) is 9.90 Å². The summed E-state index contributed by atoms with van der Waals surface area (Å²) in [6, 6.07) is 7.64. The van der Waals surface area contributed by atoms with Gasteiger partial charge >= 0.3 is 0 Å². The molecular formula is C13H10BrN3O2. The number of fused-ring (bicyclic) bond motifs is 1. The quantitative estimate of drug-likeness (QED) is 0.723. The fourth-order valence-corrected chi connectivity index (χ4v) is 2.20. The Kier molecular flexibility index (Phi) is 2.67. The number of aromatic amines is 1. The van der Waals surface area contributed by atoms with Crippen molar-refractivity contribution in [2.24, 2.45) is 0 Å². The summed E-state index contributed by atoms with van der Waals surface area (Å²) in [5, 5.41) is 14.0. The number of hydrogen-bond acceptors (Lipinski definition) is 3. The molecule has 0 fully saturated rings. The minimum absolute atomic E-state index is 0.137. The summed E-state index contributed by atoms with van der Waals surface area (Å²) in [7, 11) is 0. The molecule has 0 bridgehead atoms. The molecule has 2 heterocycles. The summed E-state index contributed by atoms with van der Waals surface area (Å²) in [4.78, 5) is 14.5. The van der Waals surface area contributed by atoms with Gasteiger partial charge in [0, 0.05) is 10.0 Å². The number of halogens is 1. The molecule has 5 nitrogen and oxygen atoms in total. The number of nitrogens with zero attached hydrogens (tertiary/aromatic N) is 2. The van der Waals surface area contributed by atoms with Crippen molar-refractivity contribution in [3.63, 3.8) is 0 Å². The molecular weight excluding hydrogens is 310 g/mol. The average Bonchev–Trinajstić information content (AvgIpc) is 2.81. The van der Waals surface area contributed by atoms with Gasteiger partial charge in [0.2, 0.25) is 5.88 Å². The molecule has 0 saturated carbocycles. The second kappa shape index (κ2) is 4.24. The van der Waals surface area contributed by atoms with E-state index in [1.165, 1.54) is 4.52 Å². The fraction of sp³-hybridized carbons (Fsp3) is 0.0769. The molecule has 0 saturated heterocycles. The van der Waals surface area contributed by atoms with Crippen LogP contribution in [0, 0.1) is 6.92 Å². The van der Waals surface area contributed by atoms with Gasteiger partial charge in [-0.2, -0.15) is 9.61 Å². The van der Waals surface area contributed by atoms with Gasteiger partial charge in [-0.25, -0.2) is 0 Å². The van der Waals surface area contributed by atoms with Crippen LogP contribution in [0.4, 0.5) is 0 Å². The molecule has 2 N–H and O–H groups in total. The molecule has 0 aliphatic rings. The zero-order valence-electron chi connectivity index (χ0n) is 10.0. The van der Waals surface area contributed by atoms with Crippen LogP contribution in [-0.2, 0) is 0 Å². The number of aromatic hydroxyl groups is 1. The van der Waals surface area contributed by atoms with Gasteiger partial charge in [-0.15, -0.1) is 0 Å². The number of benzene rings is 1. The van der Waals surface area contributed by atoms with Crippen LogP contribution in [0.5, 0.6) is 5.88 Å². The molecule has 0 unspecified atom stereocenters. The topological polar surface area (TPSA) is 70.4 Å². The van der Waals surface area contributed by atoms with E-state index in [2.05, 4.69) is 26.0 Å². The molecule has 96 valence electrons. The molecule has 19 heavy (non-hydrogen) atoms. The zero-order chi connectivity index (χ0) is 13.6. The first-order valence-corrected chi connectivity index (χ1v) is 6.43. The standard InChI is InChI=1S/C13H10BrN3O2/c1-7-12(18)16-11-10(6-15-17(11)13(7)19)8-2-4-9(14)5-3-8/h2-6,19H,1H3,(H,16,18). The Morgan fingerprint density at radius 3 is 2.68 bits per heavy atom. The number of rotatable bonds is 1. The lowest BCUT2D eigenvalue weighted by molar-refractivity contribution is 0.429. The van der Waals surface area contributed by atoms with Gasteiger partial charge in [0.15, 0.2) is 0 Å². The molecule has 0 radical (unpaired) electrons. The van der Waals surface area contributed by atoms with Gasteiger partial charge in [0.05, 0.1) is 11.8 Å². The minimum Gasteiger partial charge on any atom is -0.493 e. The molecule has 0 amide bonds. The Balaban J connectivity index is 2.32. The van der Waals surface area contributed by atoms with Crippen LogP contribution in [0.15, 0.2) is 39.7 Å². The fourth-order valence-electron chi connectivity index (χ4n) is 1.93. The molecule has 6 heteroatoms. The van der Waals surface area contributed by atoms with E-state index < -0.39 is 0 Å². The van der Waals surface area contributed by atoms with Crippen LogP contribution >= 0.6 is 15.9 Å². The molecule has 3 rings (SSSR count). The third-order valence-corrected chi connectivity index (χ3v) is 3.56. The largest absolute Gasteiger partial charge is 0.493 e. The third kappa shape index (κ3) is 1.84. The van der Waals surface area contributed by atoms with Gasteiger partial charge < -0.3 is 10.1 Å². The van der Waals surface area contributed by atoms with Crippen LogP contribution in [0.2, 0.25) is 0 Å². The van der Waals surface area contributed by atoms with Gasteiger partial charge in [-0.05, 0) is 24.6 Å². The molecule has 1 aromatic carbocycles. The second-order valence-electron chi connectivity index (χ2n) is 4.23. The molecule has 3 aromatic rings. The number of hydrogen-bond donors (Lipinski definition) is 2. The first-order chi connectivity index (χ1) is 9.08. The van der Waals surface area contributed by atoms with Crippen molar-refractivity contribution < 1.29 is 5.11 Å². The summed E-state index contributed by atoms with van der Waals surface area (Å²) >= 11 is 3.37. The maximum absolute atomic E-state index is 11.7. The molecule has 0 aliphatic heterocycles. The van der Waals surface area contributed by atoms with Gasteiger partial charge in [0.25, 0.3) is 5.56 Å². The lowest BCUT2D eigenvalue weighted by atomic mass is 10.1. The predicted octanol–water partition coefficient (Wildman–Crippen LogP) is 2.47. The second-order valence-corrected chi connectivity index (χ2v) is 5.14. The highest BCUT2D eigenvalue weighted by Gasteiger charge is 2.13. The van der Waals surface area contributed by atoms with E-state index in [1.54, 1.807) is 13.1 Å². The first kappa shape index (κ1) is 12.0. The lowest BCUT2D eigenvalue weighted by Crippen LogP contribution is -2.12. The summed E-state index contributed by atoms with van der Waals surface area (Å²) < 4.78 is 2.30. The van der Waals surface area contributed by atoms with Gasteiger partial charge in [0.1, 0.15) is 5.65 Å². The van der Waals surface area contributed by atoms with Crippen LogP contribution in [0.1, 0.15) is 5.56 Å². The predicted molar refractivity (Wildman–Crippen MR) is 75.4 cm³/mol. The molecule has 0 atom stereocenters. The third-order valence-electron chi connectivity index (χ3n) is 3.03. The monoisotopic (exact) mass is 319 g/mol. The van der Waals surface area contributed by atoms with Crippen molar-refractivity contribution >= 4 is 21.6 Å². The van der Waals surface area contributed by atoms with Crippen molar-refractivity contribution in [3.05, 3.63) is 50.9 Å². The van der Waals surface area contributed by atoms with Crippen LogP contribution in [-0.4, -0.2) is 19.7 Å². The smallest absolute Gasteiger partial charge is 0.257 e. The summed E-state index contributed by atoms with van der Waals surface area (Å²) in [6.07, 6.45) is 1.62. The maximum atomic E-state index is 11.7. The number of nitrogens with one attached hydrogen (secondary N) is 1. The zero-order valence-corrected chi connectivity index (χ0v) is 11.6. The lowest BCUT2D eigenvalue weighted by Gasteiger charge is -2.03. The Hall–Kier alpha value is -2.08. The van der Waals surface area contributed by atoms with Crippen LogP contribution in [0.3, 0.4) is 0 Å². The Bertz CT molecular complexity index is 818. The minimum atomic E-state index is -0.316. The van der Waals surface area contributed by atoms with E-state index >= 15 is 0 Å². The number of H-pyrrole nitrogens is 1. The Morgan fingerprint density at radius 2 is 2.00 bits per heavy atom. The highest BCUT2D eigenvalue weighted by molar-refractivity contribution is 9.10. The van der Waals surface area contributed by atoms with E-state index in [0.29, 0.717) is 5.65 Å². The summed E-state index contributed by atoms with van der Waals surface area (Å²) in [5.41, 5.74) is 2.09. The molecule has 0 aliphatic carbocycles. The average molecular weight is 320 g/mol. The normalized spacial score (nSPS) is 11.1. The van der Waals surface area contributed by atoms with Crippen molar-refractivity contribution in [2.45, 2.75) is 6.92 Å². The molecule has 2 aromatic heterocycles. The van der Waals surface area contributed by atoms with Crippen molar-refractivity contribution in [1.82, 2.24) is 14.6 Å².